The molecule has 150 valence electrons. The van der Waals surface area contributed by atoms with Crippen LogP contribution in [0, 0.1) is 6.92 Å². The SMILES string of the molecule is Cc1ccc2nc(N(CCCn3ccnc3)C(=O)C=Cc3cccs3)sc2c1.Cl. The molecule has 5 nitrogen and oxygen atoms in total. The van der Waals surface area contributed by atoms with E-state index in [4.69, 9.17) is 4.98 Å². The summed E-state index contributed by atoms with van der Waals surface area (Å²) in [4.78, 5) is 24.6. The molecule has 0 bridgehead atoms. The number of aryl methyl sites for hydroxylation is 2. The van der Waals surface area contributed by atoms with Gasteiger partial charge in [0, 0.05) is 36.4 Å². The van der Waals surface area contributed by atoms with Gasteiger partial charge in [-0.3, -0.25) is 9.69 Å². The van der Waals surface area contributed by atoms with Gasteiger partial charge in [-0.2, -0.15) is 0 Å². The average Bonchev–Trinajstić information content (AvgIpc) is 3.44. The van der Waals surface area contributed by atoms with Crippen LogP contribution in [0.2, 0.25) is 0 Å². The first kappa shape index (κ1) is 21.2. The van der Waals surface area contributed by atoms with Crippen molar-refractivity contribution in [1.29, 1.82) is 0 Å². The van der Waals surface area contributed by atoms with Crippen molar-refractivity contribution < 1.29 is 4.79 Å². The number of fused-ring (bicyclic) bond motifs is 1. The monoisotopic (exact) mass is 444 g/mol. The molecule has 0 aliphatic rings. The van der Waals surface area contributed by atoms with E-state index in [2.05, 4.69) is 18.0 Å². The highest BCUT2D eigenvalue weighted by Crippen LogP contribution is 2.30. The lowest BCUT2D eigenvalue weighted by Gasteiger charge is -2.18. The number of carbonyl (C=O) groups excluding carboxylic acids is 1. The van der Waals surface area contributed by atoms with Crippen LogP contribution in [-0.2, 0) is 11.3 Å². The van der Waals surface area contributed by atoms with Gasteiger partial charge >= 0.3 is 0 Å². The summed E-state index contributed by atoms with van der Waals surface area (Å²) in [6.45, 7) is 3.48. The van der Waals surface area contributed by atoms with Gasteiger partial charge in [0.15, 0.2) is 5.13 Å². The number of amides is 1. The van der Waals surface area contributed by atoms with E-state index in [0.29, 0.717) is 6.54 Å². The second-order valence-corrected chi connectivity index (χ2v) is 8.45. The van der Waals surface area contributed by atoms with Crippen molar-refractivity contribution >= 4 is 62.4 Å². The Bertz CT molecular complexity index is 1090. The molecule has 0 fully saturated rings. The number of nitrogens with zero attached hydrogens (tertiary/aromatic N) is 4. The number of halogens is 1. The van der Waals surface area contributed by atoms with Crippen LogP contribution in [0.4, 0.5) is 5.13 Å². The Morgan fingerprint density at radius 3 is 2.97 bits per heavy atom. The van der Waals surface area contributed by atoms with Gasteiger partial charge in [-0.1, -0.05) is 23.5 Å². The first-order valence-electron chi connectivity index (χ1n) is 9.05. The minimum absolute atomic E-state index is 0. The van der Waals surface area contributed by atoms with Crippen LogP contribution < -0.4 is 4.90 Å². The van der Waals surface area contributed by atoms with Gasteiger partial charge < -0.3 is 4.57 Å². The molecule has 0 N–H and O–H groups in total. The van der Waals surface area contributed by atoms with Crippen LogP contribution in [0.5, 0.6) is 0 Å². The topological polar surface area (TPSA) is 51.0 Å². The zero-order valence-electron chi connectivity index (χ0n) is 15.9. The third-order valence-corrected chi connectivity index (χ3v) is 6.20. The highest BCUT2D eigenvalue weighted by molar-refractivity contribution is 7.22. The summed E-state index contributed by atoms with van der Waals surface area (Å²) in [5.74, 6) is -0.0465. The van der Waals surface area contributed by atoms with E-state index in [1.165, 1.54) is 5.56 Å². The zero-order valence-corrected chi connectivity index (χ0v) is 18.3. The molecule has 0 aliphatic carbocycles. The predicted molar refractivity (Wildman–Crippen MR) is 124 cm³/mol. The number of hydrogen-bond acceptors (Lipinski definition) is 5. The summed E-state index contributed by atoms with van der Waals surface area (Å²) in [5.41, 5.74) is 2.12. The molecule has 8 heteroatoms. The predicted octanol–water partition coefficient (Wildman–Crippen LogP) is 5.42. The molecule has 3 aromatic heterocycles. The molecule has 0 radical (unpaired) electrons. The Kier molecular flexibility index (Phi) is 7.19. The first-order valence-corrected chi connectivity index (χ1v) is 10.7. The maximum atomic E-state index is 13.0. The highest BCUT2D eigenvalue weighted by Gasteiger charge is 2.17. The maximum Gasteiger partial charge on any atom is 0.252 e. The maximum absolute atomic E-state index is 13.0. The van der Waals surface area contributed by atoms with Gasteiger partial charge in [0.1, 0.15) is 0 Å². The molecule has 0 saturated carbocycles. The quantitative estimate of drug-likeness (QED) is 0.357. The number of rotatable bonds is 7. The fourth-order valence-electron chi connectivity index (χ4n) is 2.90. The third kappa shape index (κ3) is 5.32. The standard InChI is InChI=1S/C21H20N4OS2.ClH/c1-16-5-7-18-19(14-16)28-21(23-18)25(11-3-10-24-12-9-22-15-24)20(26)8-6-17-4-2-13-27-17;/h2,4-9,12-15H,3,10-11H2,1H3;1H. The number of benzene rings is 1. The molecule has 4 aromatic rings. The van der Waals surface area contributed by atoms with E-state index >= 15 is 0 Å². The number of carbonyl (C=O) groups is 1. The van der Waals surface area contributed by atoms with Crippen molar-refractivity contribution in [3.8, 4) is 0 Å². The van der Waals surface area contributed by atoms with Crippen LogP contribution in [0.15, 0.2) is 60.5 Å². The summed E-state index contributed by atoms with van der Waals surface area (Å²) in [5, 5.41) is 2.75. The second-order valence-electron chi connectivity index (χ2n) is 6.46. The lowest BCUT2D eigenvalue weighted by molar-refractivity contribution is -0.114. The number of hydrogen-bond donors (Lipinski definition) is 0. The number of imidazole rings is 1. The molecule has 0 saturated heterocycles. The molecular formula is C21H21ClN4OS2. The minimum atomic E-state index is -0.0465. The molecule has 3 heterocycles. The number of aromatic nitrogens is 3. The van der Waals surface area contributed by atoms with Gasteiger partial charge in [0.2, 0.25) is 0 Å². The second kappa shape index (κ2) is 9.82. The van der Waals surface area contributed by atoms with Gasteiger partial charge in [-0.05, 0) is 48.6 Å². The molecule has 0 spiro atoms. The summed E-state index contributed by atoms with van der Waals surface area (Å²) in [7, 11) is 0. The van der Waals surface area contributed by atoms with E-state index in [1.54, 1.807) is 46.2 Å². The summed E-state index contributed by atoms with van der Waals surface area (Å²) < 4.78 is 3.12. The molecule has 29 heavy (non-hydrogen) atoms. The van der Waals surface area contributed by atoms with Gasteiger partial charge in [0.05, 0.1) is 16.5 Å². The van der Waals surface area contributed by atoms with Gasteiger partial charge in [-0.15, -0.1) is 23.7 Å². The van der Waals surface area contributed by atoms with Crippen LogP contribution in [0.1, 0.15) is 16.9 Å². The molecule has 0 atom stereocenters. The Labute approximate surface area is 183 Å². The van der Waals surface area contributed by atoms with Crippen molar-refractivity contribution in [3.63, 3.8) is 0 Å². The van der Waals surface area contributed by atoms with Crippen molar-refractivity contribution in [1.82, 2.24) is 14.5 Å². The molecule has 1 amide bonds. The van der Waals surface area contributed by atoms with E-state index in [-0.39, 0.29) is 18.3 Å². The molecule has 0 aliphatic heterocycles. The smallest absolute Gasteiger partial charge is 0.252 e. The first-order chi connectivity index (χ1) is 13.7. The Morgan fingerprint density at radius 2 is 2.21 bits per heavy atom. The average molecular weight is 445 g/mol. The largest absolute Gasteiger partial charge is 0.337 e. The van der Waals surface area contributed by atoms with Crippen molar-refractivity contribution in [2.24, 2.45) is 0 Å². The lowest BCUT2D eigenvalue weighted by atomic mass is 10.2. The number of thiophene rings is 1. The van der Waals surface area contributed by atoms with E-state index in [0.717, 1.165) is 33.2 Å². The van der Waals surface area contributed by atoms with E-state index < -0.39 is 0 Å². The summed E-state index contributed by atoms with van der Waals surface area (Å²) >= 11 is 3.18. The van der Waals surface area contributed by atoms with Crippen molar-refractivity contribution in [2.75, 3.05) is 11.4 Å². The number of thiazole rings is 1. The lowest BCUT2D eigenvalue weighted by Crippen LogP contribution is -2.30. The molecule has 1 aromatic carbocycles. The molecular weight excluding hydrogens is 424 g/mol. The van der Waals surface area contributed by atoms with Crippen molar-refractivity contribution in [2.45, 2.75) is 19.9 Å². The van der Waals surface area contributed by atoms with Crippen LogP contribution in [0.3, 0.4) is 0 Å². The molecule has 4 rings (SSSR count). The Balaban J connectivity index is 0.00000240. The van der Waals surface area contributed by atoms with Crippen molar-refractivity contribution in [3.05, 3.63) is 70.9 Å². The minimum Gasteiger partial charge on any atom is -0.337 e. The zero-order chi connectivity index (χ0) is 19.3. The molecule has 0 unspecified atom stereocenters. The Hall–Kier alpha value is -2.48. The van der Waals surface area contributed by atoms with Crippen LogP contribution >= 0.6 is 35.1 Å². The fourth-order valence-corrected chi connectivity index (χ4v) is 4.61. The Morgan fingerprint density at radius 1 is 1.31 bits per heavy atom. The fraction of sp³-hybridized carbons (Fsp3) is 0.190. The van der Waals surface area contributed by atoms with Crippen LogP contribution in [-0.4, -0.2) is 27.0 Å². The third-order valence-electron chi connectivity index (χ3n) is 4.32. The van der Waals surface area contributed by atoms with Gasteiger partial charge in [-0.25, -0.2) is 9.97 Å². The van der Waals surface area contributed by atoms with Crippen LogP contribution in [0.25, 0.3) is 16.3 Å². The summed E-state index contributed by atoms with van der Waals surface area (Å²) in [6, 6.07) is 10.2. The van der Waals surface area contributed by atoms with E-state index in [1.807, 2.05) is 46.5 Å². The van der Waals surface area contributed by atoms with Gasteiger partial charge in [0.25, 0.3) is 5.91 Å². The normalized spacial score (nSPS) is 11.1. The summed E-state index contributed by atoms with van der Waals surface area (Å²) in [6.07, 6.45) is 9.83. The van der Waals surface area contributed by atoms with E-state index in [9.17, 15) is 4.79 Å². The number of anilines is 1. The highest BCUT2D eigenvalue weighted by atomic mass is 35.5.